The van der Waals surface area contributed by atoms with E-state index in [1.54, 1.807) is 0 Å². The van der Waals surface area contributed by atoms with Crippen molar-refractivity contribution in [1.82, 2.24) is 5.32 Å². The summed E-state index contributed by atoms with van der Waals surface area (Å²) in [7, 11) is 0. The van der Waals surface area contributed by atoms with Crippen LogP contribution in [0.25, 0.3) is 6.08 Å². The SMILES string of the molecule is C=Cc1cc(C(=O)NC2CC(F)(F)C2)cc([N+](=O)[O-])c1. The lowest BCUT2D eigenvalue weighted by Crippen LogP contribution is -2.50. The predicted octanol–water partition coefficient (Wildman–Crippen LogP) is 2.77. The number of hydrogen-bond donors (Lipinski definition) is 1. The lowest BCUT2D eigenvalue weighted by atomic mass is 9.88. The van der Waals surface area contributed by atoms with Gasteiger partial charge in [-0.2, -0.15) is 0 Å². The molecule has 7 heteroatoms. The molecular weight excluding hydrogens is 270 g/mol. The molecule has 5 nitrogen and oxygen atoms in total. The van der Waals surface area contributed by atoms with Gasteiger partial charge in [-0.05, 0) is 11.6 Å². The molecule has 1 aliphatic rings. The van der Waals surface area contributed by atoms with Crippen molar-refractivity contribution in [3.63, 3.8) is 0 Å². The molecule has 0 unspecified atom stereocenters. The van der Waals surface area contributed by atoms with Crippen molar-refractivity contribution in [1.29, 1.82) is 0 Å². The van der Waals surface area contributed by atoms with Crippen LogP contribution in [0.4, 0.5) is 14.5 Å². The predicted molar refractivity (Wildman–Crippen MR) is 68.6 cm³/mol. The van der Waals surface area contributed by atoms with E-state index in [1.807, 2.05) is 0 Å². The first-order chi connectivity index (χ1) is 9.30. The number of carbonyl (C=O) groups excluding carboxylic acids is 1. The summed E-state index contributed by atoms with van der Waals surface area (Å²) in [6.45, 7) is 3.49. The molecule has 0 heterocycles. The van der Waals surface area contributed by atoms with Crippen LogP contribution in [0.15, 0.2) is 24.8 Å². The topological polar surface area (TPSA) is 72.2 Å². The molecule has 1 saturated carbocycles. The van der Waals surface area contributed by atoms with Crippen LogP contribution < -0.4 is 5.32 Å². The minimum absolute atomic E-state index is 0.0596. The molecule has 0 atom stereocenters. The monoisotopic (exact) mass is 282 g/mol. The molecule has 20 heavy (non-hydrogen) atoms. The zero-order valence-electron chi connectivity index (χ0n) is 10.4. The quantitative estimate of drug-likeness (QED) is 0.681. The molecule has 0 radical (unpaired) electrons. The third-order valence-corrected chi connectivity index (χ3v) is 3.07. The van der Waals surface area contributed by atoms with Crippen LogP contribution in [0.1, 0.15) is 28.8 Å². The van der Waals surface area contributed by atoms with Gasteiger partial charge in [-0.3, -0.25) is 14.9 Å². The minimum Gasteiger partial charge on any atom is -0.349 e. The van der Waals surface area contributed by atoms with Gasteiger partial charge in [-0.25, -0.2) is 8.78 Å². The van der Waals surface area contributed by atoms with Crippen LogP contribution in [-0.4, -0.2) is 22.8 Å². The molecule has 2 rings (SSSR count). The molecule has 0 bridgehead atoms. The molecule has 106 valence electrons. The summed E-state index contributed by atoms with van der Waals surface area (Å²) in [6, 6.07) is 3.22. The van der Waals surface area contributed by atoms with Gasteiger partial charge in [-0.15, -0.1) is 0 Å². The number of nitrogens with one attached hydrogen (secondary N) is 1. The Labute approximate surface area is 113 Å². The minimum atomic E-state index is -2.73. The number of alkyl halides is 2. The molecule has 0 spiro atoms. The first kappa shape index (κ1) is 14.1. The fourth-order valence-corrected chi connectivity index (χ4v) is 2.02. The molecule has 1 amide bonds. The highest BCUT2D eigenvalue weighted by Crippen LogP contribution is 2.37. The standard InChI is InChI=1S/C13H12F2N2O3/c1-2-8-3-9(5-11(4-8)17(19)20)12(18)16-10-6-13(14,15)7-10/h2-5,10H,1,6-7H2,(H,16,18). The number of halogens is 2. The van der Waals surface area contributed by atoms with Crippen molar-refractivity contribution in [2.24, 2.45) is 0 Å². The van der Waals surface area contributed by atoms with Gasteiger partial charge in [0.1, 0.15) is 0 Å². The first-order valence-electron chi connectivity index (χ1n) is 5.91. The van der Waals surface area contributed by atoms with Gasteiger partial charge in [0.25, 0.3) is 17.5 Å². The van der Waals surface area contributed by atoms with Crippen molar-refractivity contribution in [3.8, 4) is 0 Å². The molecular formula is C13H12F2N2O3. The molecule has 1 fully saturated rings. The number of rotatable bonds is 4. The van der Waals surface area contributed by atoms with Crippen LogP contribution in [-0.2, 0) is 0 Å². The lowest BCUT2D eigenvalue weighted by Gasteiger charge is -2.35. The van der Waals surface area contributed by atoms with Gasteiger partial charge >= 0.3 is 0 Å². The van der Waals surface area contributed by atoms with E-state index < -0.39 is 35.6 Å². The summed E-state index contributed by atoms with van der Waals surface area (Å²) < 4.78 is 25.4. The Morgan fingerprint density at radius 1 is 1.45 bits per heavy atom. The number of nitrogens with zero attached hydrogens (tertiary/aromatic N) is 1. The third-order valence-electron chi connectivity index (χ3n) is 3.07. The molecule has 1 aromatic rings. The van der Waals surface area contributed by atoms with E-state index in [2.05, 4.69) is 11.9 Å². The lowest BCUT2D eigenvalue weighted by molar-refractivity contribution is -0.384. The van der Waals surface area contributed by atoms with Gasteiger partial charge < -0.3 is 5.32 Å². The molecule has 0 aliphatic heterocycles. The smallest absolute Gasteiger partial charge is 0.270 e. The average Bonchev–Trinajstić information content (AvgIpc) is 2.35. The Balaban J connectivity index is 2.15. The van der Waals surface area contributed by atoms with Gasteiger partial charge in [0.2, 0.25) is 0 Å². The number of nitro groups is 1. The third kappa shape index (κ3) is 2.98. The maximum absolute atomic E-state index is 12.7. The fraction of sp³-hybridized carbons (Fsp3) is 0.308. The zero-order chi connectivity index (χ0) is 14.9. The van der Waals surface area contributed by atoms with Crippen molar-refractivity contribution in [2.45, 2.75) is 24.8 Å². The van der Waals surface area contributed by atoms with Gasteiger partial charge in [0.05, 0.1) is 4.92 Å². The highest BCUT2D eigenvalue weighted by molar-refractivity contribution is 5.95. The van der Waals surface area contributed by atoms with Crippen molar-refractivity contribution < 1.29 is 18.5 Å². The van der Waals surface area contributed by atoms with Crippen LogP contribution in [0.5, 0.6) is 0 Å². The number of carbonyl (C=O) groups is 1. The summed E-state index contributed by atoms with van der Waals surface area (Å²) in [5.74, 6) is -3.33. The Morgan fingerprint density at radius 2 is 2.10 bits per heavy atom. The highest BCUT2D eigenvalue weighted by atomic mass is 19.3. The molecule has 1 aromatic carbocycles. The maximum atomic E-state index is 12.7. The Morgan fingerprint density at radius 3 is 2.60 bits per heavy atom. The van der Waals surface area contributed by atoms with E-state index in [0.717, 1.165) is 6.07 Å². The summed E-state index contributed by atoms with van der Waals surface area (Å²) in [6.07, 6.45) is 0.575. The van der Waals surface area contributed by atoms with E-state index in [0.29, 0.717) is 5.56 Å². The number of nitro benzene ring substituents is 1. The zero-order valence-corrected chi connectivity index (χ0v) is 10.4. The number of benzene rings is 1. The van der Waals surface area contributed by atoms with E-state index in [1.165, 1.54) is 18.2 Å². The number of hydrogen-bond acceptors (Lipinski definition) is 3. The van der Waals surface area contributed by atoms with Crippen molar-refractivity contribution >= 4 is 17.7 Å². The van der Waals surface area contributed by atoms with Crippen LogP contribution in [0.2, 0.25) is 0 Å². The Hall–Kier alpha value is -2.31. The summed E-state index contributed by atoms with van der Waals surface area (Å²) in [4.78, 5) is 22.0. The van der Waals surface area contributed by atoms with Gasteiger partial charge in [0.15, 0.2) is 0 Å². The van der Waals surface area contributed by atoms with Crippen LogP contribution in [0, 0.1) is 10.1 Å². The maximum Gasteiger partial charge on any atom is 0.270 e. The Kier molecular flexibility index (Phi) is 3.52. The fourth-order valence-electron chi connectivity index (χ4n) is 2.02. The van der Waals surface area contributed by atoms with Crippen LogP contribution in [0.3, 0.4) is 0 Å². The molecule has 1 aliphatic carbocycles. The highest BCUT2D eigenvalue weighted by Gasteiger charge is 2.45. The second kappa shape index (κ2) is 4.99. The largest absolute Gasteiger partial charge is 0.349 e. The molecule has 0 saturated heterocycles. The Bertz CT molecular complexity index is 579. The second-order valence-electron chi connectivity index (χ2n) is 4.71. The normalized spacial score (nSPS) is 17.1. The van der Waals surface area contributed by atoms with Gasteiger partial charge in [-0.1, -0.05) is 12.7 Å². The summed E-state index contributed by atoms with van der Waals surface area (Å²) in [5, 5.41) is 13.2. The summed E-state index contributed by atoms with van der Waals surface area (Å²) >= 11 is 0. The van der Waals surface area contributed by atoms with Gasteiger partial charge in [0, 0.05) is 36.6 Å². The molecule has 1 N–H and O–H groups in total. The van der Waals surface area contributed by atoms with E-state index in [-0.39, 0.29) is 11.3 Å². The average molecular weight is 282 g/mol. The molecule has 0 aromatic heterocycles. The van der Waals surface area contributed by atoms with Crippen LogP contribution >= 0.6 is 0 Å². The first-order valence-corrected chi connectivity index (χ1v) is 5.91. The van der Waals surface area contributed by atoms with E-state index in [4.69, 9.17) is 0 Å². The van der Waals surface area contributed by atoms with E-state index in [9.17, 15) is 23.7 Å². The van der Waals surface area contributed by atoms with Crippen molar-refractivity contribution in [2.75, 3.05) is 0 Å². The van der Waals surface area contributed by atoms with E-state index >= 15 is 0 Å². The second-order valence-corrected chi connectivity index (χ2v) is 4.71. The number of amides is 1. The van der Waals surface area contributed by atoms with Crippen molar-refractivity contribution in [3.05, 3.63) is 46.0 Å². The summed E-state index contributed by atoms with van der Waals surface area (Å²) in [5.41, 5.74) is 0.235. The number of non-ortho nitro benzene ring substituents is 1.